The molecule has 0 fully saturated rings. The summed E-state index contributed by atoms with van der Waals surface area (Å²) >= 11 is 1.50. The van der Waals surface area contributed by atoms with Gasteiger partial charge in [-0.1, -0.05) is 24.3 Å². The molecule has 1 aromatic heterocycles. The summed E-state index contributed by atoms with van der Waals surface area (Å²) in [6.45, 7) is 1.93. The van der Waals surface area contributed by atoms with Gasteiger partial charge in [0, 0.05) is 11.5 Å². The summed E-state index contributed by atoms with van der Waals surface area (Å²) in [5.74, 6) is -0.960. The number of thiazole rings is 1. The SMILES string of the molecule is Cc1csc(NN=Cc2ccc(C=CC(=O)O)cc2)n1. The van der Waals surface area contributed by atoms with E-state index in [4.69, 9.17) is 5.11 Å². The Labute approximate surface area is 120 Å². The normalized spacial score (nSPS) is 11.2. The van der Waals surface area contributed by atoms with E-state index >= 15 is 0 Å². The van der Waals surface area contributed by atoms with Crippen molar-refractivity contribution in [3.63, 3.8) is 0 Å². The van der Waals surface area contributed by atoms with E-state index in [0.29, 0.717) is 0 Å². The summed E-state index contributed by atoms with van der Waals surface area (Å²) in [6, 6.07) is 7.38. The highest BCUT2D eigenvalue weighted by Gasteiger charge is 1.95. The molecule has 0 saturated heterocycles. The van der Waals surface area contributed by atoms with E-state index in [1.54, 1.807) is 12.3 Å². The Morgan fingerprint density at radius 2 is 2.05 bits per heavy atom. The molecule has 1 aromatic carbocycles. The van der Waals surface area contributed by atoms with Crippen LogP contribution in [0.25, 0.3) is 6.08 Å². The molecule has 6 heteroatoms. The zero-order chi connectivity index (χ0) is 14.4. The van der Waals surface area contributed by atoms with Crippen LogP contribution < -0.4 is 5.43 Å². The number of hydrogen-bond acceptors (Lipinski definition) is 5. The third kappa shape index (κ3) is 4.33. The maximum Gasteiger partial charge on any atom is 0.328 e. The number of aliphatic carboxylic acids is 1. The molecule has 0 radical (unpaired) electrons. The fourth-order valence-corrected chi connectivity index (χ4v) is 2.07. The fourth-order valence-electron chi connectivity index (χ4n) is 1.43. The van der Waals surface area contributed by atoms with E-state index in [1.165, 1.54) is 11.3 Å². The number of carboxylic acid groups (broad SMARTS) is 1. The Hall–Kier alpha value is -2.47. The van der Waals surface area contributed by atoms with Crippen molar-refractivity contribution in [1.82, 2.24) is 4.98 Å². The minimum Gasteiger partial charge on any atom is -0.478 e. The lowest BCUT2D eigenvalue weighted by molar-refractivity contribution is -0.131. The summed E-state index contributed by atoms with van der Waals surface area (Å²) in [7, 11) is 0. The van der Waals surface area contributed by atoms with Crippen molar-refractivity contribution >= 4 is 34.7 Å². The first-order valence-electron chi connectivity index (χ1n) is 5.86. The quantitative estimate of drug-likeness (QED) is 0.503. The minimum atomic E-state index is -0.960. The first kappa shape index (κ1) is 14.0. The number of benzene rings is 1. The number of hydrazone groups is 1. The van der Waals surface area contributed by atoms with Crippen LogP contribution in [0.5, 0.6) is 0 Å². The van der Waals surface area contributed by atoms with Gasteiger partial charge < -0.3 is 5.11 Å². The number of aryl methyl sites for hydroxylation is 1. The minimum absolute atomic E-state index is 0.750. The second kappa shape index (κ2) is 6.63. The smallest absolute Gasteiger partial charge is 0.328 e. The predicted octanol–water partition coefficient (Wildman–Crippen LogP) is 3.00. The highest BCUT2D eigenvalue weighted by atomic mass is 32.1. The van der Waals surface area contributed by atoms with Gasteiger partial charge in [-0.3, -0.25) is 5.43 Å². The van der Waals surface area contributed by atoms with Crippen LogP contribution >= 0.6 is 11.3 Å². The van der Waals surface area contributed by atoms with Gasteiger partial charge in [0.25, 0.3) is 0 Å². The number of aromatic nitrogens is 1. The standard InChI is InChI=1S/C14H13N3O2S/c1-10-9-20-14(16-10)17-15-8-12-4-2-11(3-5-12)6-7-13(18)19/h2-9H,1H3,(H,16,17)(H,18,19). The van der Waals surface area contributed by atoms with E-state index in [-0.39, 0.29) is 0 Å². The van der Waals surface area contributed by atoms with Crippen LogP contribution in [-0.4, -0.2) is 22.3 Å². The van der Waals surface area contributed by atoms with Crippen molar-refractivity contribution in [2.75, 3.05) is 5.43 Å². The predicted molar refractivity (Wildman–Crippen MR) is 81.2 cm³/mol. The number of rotatable bonds is 5. The van der Waals surface area contributed by atoms with Crippen LogP contribution in [0, 0.1) is 6.92 Å². The molecule has 102 valence electrons. The Bertz CT molecular complexity index is 645. The molecule has 20 heavy (non-hydrogen) atoms. The third-order valence-corrected chi connectivity index (χ3v) is 3.21. The van der Waals surface area contributed by atoms with Gasteiger partial charge in [-0.2, -0.15) is 5.10 Å². The van der Waals surface area contributed by atoms with Gasteiger partial charge in [0.2, 0.25) is 5.13 Å². The summed E-state index contributed by atoms with van der Waals surface area (Å²) in [5, 5.41) is 15.3. The summed E-state index contributed by atoms with van der Waals surface area (Å²) in [4.78, 5) is 14.6. The van der Waals surface area contributed by atoms with Crippen LogP contribution in [-0.2, 0) is 4.79 Å². The molecule has 2 N–H and O–H groups in total. The first-order valence-corrected chi connectivity index (χ1v) is 6.74. The maximum atomic E-state index is 10.4. The van der Waals surface area contributed by atoms with Crippen molar-refractivity contribution in [2.24, 2.45) is 5.10 Å². The molecule has 0 amide bonds. The van der Waals surface area contributed by atoms with Gasteiger partial charge in [0.15, 0.2) is 0 Å². The third-order valence-electron chi connectivity index (χ3n) is 2.35. The molecule has 2 aromatic rings. The monoisotopic (exact) mass is 287 g/mol. The lowest BCUT2D eigenvalue weighted by atomic mass is 10.1. The van der Waals surface area contributed by atoms with Crippen LogP contribution in [0.15, 0.2) is 40.8 Å². The summed E-state index contributed by atoms with van der Waals surface area (Å²) in [5.41, 5.74) is 5.56. The summed E-state index contributed by atoms with van der Waals surface area (Å²) < 4.78 is 0. The van der Waals surface area contributed by atoms with Crippen molar-refractivity contribution in [2.45, 2.75) is 6.92 Å². The van der Waals surface area contributed by atoms with E-state index < -0.39 is 5.97 Å². The zero-order valence-electron chi connectivity index (χ0n) is 10.8. The Kier molecular flexibility index (Phi) is 4.62. The number of nitrogens with one attached hydrogen (secondary N) is 1. The number of nitrogens with zero attached hydrogens (tertiary/aromatic N) is 2. The zero-order valence-corrected chi connectivity index (χ0v) is 11.6. The summed E-state index contributed by atoms with van der Waals surface area (Å²) in [6.07, 6.45) is 4.33. The van der Waals surface area contributed by atoms with Gasteiger partial charge in [0.05, 0.1) is 11.9 Å². The molecular formula is C14H13N3O2S. The van der Waals surface area contributed by atoms with Gasteiger partial charge in [-0.15, -0.1) is 11.3 Å². The van der Waals surface area contributed by atoms with Crippen molar-refractivity contribution < 1.29 is 9.90 Å². The first-order chi connectivity index (χ1) is 9.63. The molecule has 2 rings (SSSR count). The highest BCUT2D eigenvalue weighted by Crippen LogP contribution is 2.14. The van der Waals surface area contributed by atoms with Crippen LogP contribution in [0.4, 0.5) is 5.13 Å². The Balaban J connectivity index is 1.94. The number of hydrogen-bond donors (Lipinski definition) is 2. The largest absolute Gasteiger partial charge is 0.478 e. The second-order valence-corrected chi connectivity index (χ2v) is 4.86. The van der Waals surface area contributed by atoms with E-state index in [1.807, 2.05) is 36.6 Å². The molecule has 0 saturated carbocycles. The molecule has 0 aliphatic rings. The van der Waals surface area contributed by atoms with E-state index in [9.17, 15) is 4.79 Å². The topological polar surface area (TPSA) is 74.6 Å². The molecule has 0 atom stereocenters. The lowest BCUT2D eigenvalue weighted by Crippen LogP contribution is -1.90. The highest BCUT2D eigenvalue weighted by molar-refractivity contribution is 7.13. The second-order valence-electron chi connectivity index (χ2n) is 4.00. The van der Waals surface area contributed by atoms with Gasteiger partial charge in [-0.05, 0) is 24.1 Å². The Morgan fingerprint density at radius 3 is 2.65 bits per heavy atom. The van der Waals surface area contributed by atoms with E-state index in [2.05, 4.69) is 15.5 Å². The van der Waals surface area contributed by atoms with Crippen LogP contribution in [0.3, 0.4) is 0 Å². The van der Waals surface area contributed by atoms with Crippen LogP contribution in [0.1, 0.15) is 16.8 Å². The van der Waals surface area contributed by atoms with Crippen molar-refractivity contribution in [1.29, 1.82) is 0 Å². The number of carboxylic acids is 1. The van der Waals surface area contributed by atoms with E-state index in [0.717, 1.165) is 28.0 Å². The fraction of sp³-hybridized carbons (Fsp3) is 0.0714. The molecule has 0 unspecified atom stereocenters. The molecule has 1 heterocycles. The maximum absolute atomic E-state index is 10.4. The Morgan fingerprint density at radius 1 is 1.35 bits per heavy atom. The van der Waals surface area contributed by atoms with Gasteiger partial charge >= 0.3 is 5.97 Å². The number of anilines is 1. The molecular weight excluding hydrogens is 274 g/mol. The van der Waals surface area contributed by atoms with Crippen molar-refractivity contribution in [3.05, 3.63) is 52.5 Å². The average molecular weight is 287 g/mol. The van der Waals surface area contributed by atoms with Gasteiger partial charge in [0.1, 0.15) is 0 Å². The van der Waals surface area contributed by atoms with Gasteiger partial charge in [-0.25, -0.2) is 9.78 Å². The molecule has 0 aliphatic carbocycles. The lowest BCUT2D eigenvalue weighted by Gasteiger charge is -1.96. The van der Waals surface area contributed by atoms with Crippen LogP contribution in [0.2, 0.25) is 0 Å². The molecule has 5 nitrogen and oxygen atoms in total. The van der Waals surface area contributed by atoms with Crippen molar-refractivity contribution in [3.8, 4) is 0 Å². The molecule has 0 aliphatic heterocycles. The molecule has 0 bridgehead atoms. The average Bonchev–Trinajstić information content (AvgIpc) is 2.83. The molecule has 0 spiro atoms. The number of carbonyl (C=O) groups is 1.